The van der Waals surface area contributed by atoms with Crippen LogP contribution in [0, 0.1) is 88.8 Å². The van der Waals surface area contributed by atoms with E-state index in [-0.39, 0.29) is 41.0 Å². The molecule has 0 amide bonds. The van der Waals surface area contributed by atoms with Crippen LogP contribution in [0.2, 0.25) is 5.15 Å². The van der Waals surface area contributed by atoms with Crippen molar-refractivity contribution in [1.29, 1.82) is 0 Å². The molecular formula is C107H121ClN16O6. The molecule has 24 rings (SSSR count). The van der Waals surface area contributed by atoms with Crippen LogP contribution in [0.15, 0.2) is 89.2 Å². The van der Waals surface area contributed by atoms with E-state index in [0.717, 1.165) is 238 Å². The first kappa shape index (κ1) is 87.0. The number of nitrogens with two attached hydrogens (primary N) is 2. The summed E-state index contributed by atoms with van der Waals surface area (Å²) in [7, 11) is 0. The number of morpholine rings is 1. The molecule has 5 aromatic rings. The van der Waals surface area contributed by atoms with E-state index >= 15 is 0 Å². The summed E-state index contributed by atoms with van der Waals surface area (Å²) in [4.78, 5) is 106. The number of carbonyl (C=O) groups excluding carboxylic acids is 5. The van der Waals surface area contributed by atoms with Crippen molar-refractivity contribution in [3.8, 4) is 61.7 Å². The van der Waals surface area contributed by atoms with Crippen LogP contribution < -0.4 is 31.1 Å². The maximum atomic E-state index is 12.7. The second-order valence-electron chi connectivity index (χ2n) is 40.9. The second kappa shape index (κ2) is 35.6. The predicted octanol–water partition coefficient (Wildman–Crippen LogP) is 12.7. The highest BCUT2D eigenvalue weighted by molar-refractivity contribution is 6.29. The average Bonchev–Trinajstić information content (AvgIpc) is 1.02. The summed E-state index contributed by atoms with van der Waals surface area (Å²) < 4.78 is 5.48. The fraction of sp³-hybridized carbons (Fsp3) is 0.533. The van der Waals surface area contributed by atoms with Gasteiger partial charge in [0.25, 0.3) is 0 Å². The predicted molar refractivity (Wildman–Crippen MR) is 510 cm³/mol. The monoisotopic (exact) mass is 1760 g/mol. The highest BCUT2D eigenvalue weighted by Crippen LogP contribution is 2.57. The van der Waals surface area contributed by atoms with E-state index in [9.17, 15) is 24.0 Å². The number of ketones is 5. The van der Waals surface area contributed by atoms with Crippen molar-refractivity contribution in [2.24, 2.45) is 38.5 Å². The number of likely N-dealkylation sites (tertiary alicyclic amines) is 5. The third-order valence-electron chi connectivity index (χ3n) is 33.5. The number of pyridine rings is 5. The molecule has 10 aliphatic carbocycles. The molecule has 5 saturated carbocycles. The molecule has 23 heteroatoms. The molecule has 130 heavy (non-hydrogen) atoms. The molecule has 5 spiro atoms. The zero-order valence-electron chi connectivity index (χ0n) is 75.4. The maximum Gasteiger partial charge on any atom is 0.177 e. The van der Waals surface area contributed by atoms with Crippen LogP contribution in [-0.4, -0.2) is 221 Å². The van der Waals surface area contributed by atoms with Crippen molar-refractivity contribution in [2.75, 3.05) is 151 Å². The first-order valence-corrected chi connectivity index (χ1v) is 48.7. The van der Waals surface area contributed by atoms with Crippen LogP contribution in [0.1, 0.15) is 216 Å². The Balaban J connectivity index is 0.000000102. The van der Waals surface area contributed by atoms with Crippen LogP contribution in [0.25, 0.3) is 28.5 Å². The number of anilines is 4. The van der Waals surface area contributed by atoms with Crippen molar-refractivity contribution in [3.63, 3.8) is 0 Å². The number of fused-ring (bicyclic) bond motifs is 5. The Labute approximate surface area is 771 Å². The molecule has 9 saturated heterocycles. The van der Waals surface area contributed by atoms with Crippen LogP contribution in [0.4, 0.5) is 23.3 Å². The smallest absolute Gasteiger partial charge is 0.177 e. The Bertz CT molecular complexity index is 5780. The zero-order chi connectivity index (χ0) is 89.4. The van der Waals surface area contributed by atoms with Gasteiger partial charge in [0.2, 0.25) is 0 Å². The number of halogens is 1. The Morgan fingerprint density at radius 3 is 0.738 bits per heavy atom. The molecule has 0 atom stereocenters. The molecule has 19 aliphatic rings. The summed E-state index contributed by atoms with van der Waals surface area (Å²) in [6.07, 6.45) is 72.2. The standard InChI is InChI=1S/C23H27N3O2.C22H26N4O.C22H25N3O.C21H24N4O.C19H19ClN2O/c1-2-18-20(27)14-17-16-24-21(25-10-12-28-13-11-25)15-19(17)22(18)26-8-6-23(7-9-26)4-3-5-23;1-2-17-19(27)10-15-12-24-20(26-13-16(23)14-26)11-18(15)21(17)25-8-6-22(7-9-25)4-3-5-22;1-2-17-19(26)13-16-15-23-20(24-9-4-10-24)14-18(16)21(17)25-11-7-22(8-12-25)5-3-6-22;1-2-16-18(26)9-14-11-23-19(25-12-15(22)13-25)10-17(14)20(16)24-7-5-21(3-4-21)6-8-24;1-2-14-16(23)10-13-12-21-17(20)11-15(13)18(14)22-8-6-19(7-9-22)4-3-5-19/h1,15-16H,3-14H2;1,11-12,16H,3-10,13-14,23H2;1,14-15H,3-13H2;1,10-11,15H,3-9,12-13,22H2;1,11-12H,3-10H2. The number of rotatable bonds is 9. The molecule has 9 aliphatic heterocycles. The van der Waals surface area contributed by atoms with E-state index in [1.807, 2.05) is 30.9 Å². The van der Waals surface area contributed by atoms with E-state index in [0.29, 0.717) is 92.2 Å². The minimum Gasteiger partial charge on any atom is -0.378 e. The minimum atomic E-state index is 0.0167. The SMILES string of the molecule is C#CC1=C(N2CCC3(CC2)CC3)c2cc(N3CC(N)C3)ncc2CC1=O.C#CC1=C(N2CCC3(CCC3)CC2)c2cc(Cl)ncc2CC1=O.C#CC1=C(N2CCC3(CCC3)CC2)c2cc(N3CC(N)C3)ncc2CC1=O.C#CC1=C(N2CCC3(CCC3)CC2)c2cc(N3CCC3)ncc2CC1=O.C#CC1=C(N2CCC3(CCC3)CC2)c2cc(N3CCOCC3)ncc2CC1=O. The summed E-state index contributed by atoms with van der Waals surface area (Å²) >= 11 is 6.10. The van der Waals surface area contributed by atoms with Gasteiger partial charge in [-0.3, -0.25) is 24.0 Å². The van der Waals surface area contributed by atoms with Gasteiger partial charge in [-0.05, 0) is 220 Å². The van der Waals surface area contributed by atoms with Gasteiger partial charge in [0.05, 0.1) is 69.6 Å². The molecule has 14 fully saturated rings. The Morgan fingerprint density at radius 2 is 0.523 bits per heavy atom. The highest BCUT2D eigenvalue weighted by atomic mass is 35.5. The number of aromatic nitrogens is 5. The molecule has 5 aromatic heterocycles. The lowest BCUT2D eigenvalue weighted by molar-refractivity contribution is -0.115. The molecule has 4 N–H and O–H groups in total. The van der Waals surface area contributed by atoms with E-state index in [4.69, 9.17) is 59.9 Å². The van der Waals surface area contributed by atoms with E-state index < -0.39 is 0 Å². The van der Waals surface area contributed by atoms with Gasteiger partial charge in [0.1, 0.15) is 28.4 Å². The Hall–Kier alpha value is -11.0. The topological polar surface area (TPSA) is 240 Å². The fourth-order valence-electron chi connectivity index (χ4n) is 24.0. The van der Waals surface area contributed by atoms with Gasteiger partial charge >= 0.3 is 0 Å². The van der Waals surface area contributed by atoms with Gasteiger partial charge < -0.3 is 60.3 Å². The lowest BCUT2D eigenvalue weighted by Crippen LogP contribution is -2.56. The minimum absolute atomic E-state index is 0.0167. The summed E-state index contributed by atoms with van der Waals surface area (Å²) in [6.45, 7) is 18.5. The zero-order valence-corrected chi connectivity index (χ0v) is 76.2. The lowest BCUT2D eigenvalue weighted by atomic mass is 9.63. The van der Waals surface area contributed by atoms with E-state index in [2.05, 4.69) is 123 Å². The number of piperidine rings is 5. The lowest BCUT2D eigenvalue weighted by Gasteiger charge is -2.49. The third-order valence-corrected chi connectivity index (χ3v) is 33.7. The maximum absolute atomic E-state index is 12.7. The number of hydrogen-bond acceptors (Lipinski definition) is 22. The molecule has 672 valence electrons. The Kier molecular flexibility index (Phi) is 23.8. The molecule has 0 unspecified atom stereocenters. The van der Waals surface area contributed by atoms with Gasteiger partial charge in [-0.2, -0.15) is 0 Å². The van der Waals surface area contributed by atoms with Crippen molar-refractivity contribution < 1.29 is 28.7 Å². The van der Waals surface area contributed by atoms with Gasteiger partial charge in [0.15, 0.2) is 28.9 Å². The molecular weight excluding hydrogens is 1640 g/mol. The van der Waals surface area contributed by atoms with Crippen molar-refractivity contribution >= 4 is 92.3 Å². The number of terminal acetylenes is 5. The molecule has 0 bridgehead atoms. The van der Waals surface area contributed by atoms with Gasteiger partial charge in [-0.25, -0.2) is 24.9 Å². The second-order valence-corrected chi connectivity index (χ2v) is 41.3. The number of nitrogens with zero attached hydrogens (tertiary/aromatic N) is 14. The van der Waals surface area contributed by atoms with Crippen LogP contribution >= 0.6 is 11.6 Å². The van der Waals surface area contributed by atoms with E-state index in [1.54, 1.807) is 6.20 Å². The number of carbonyl (C=O) groups is 5. The number of ether oxygens (including phenoxy) is 1. The summed E-state index contributed by atoms with van der Waals surface area (Å²) in [5, 5.41) is 0.444. The van der Waals surface area contributed by atoms with Gasteiger partial charge in [-0.15, -0.1) is 32.1 Å². The van der Waals surface area contributed by atoms with Gasteiger partial charge in [-0.1, -0.05) is 66.9 Å². The molecule has 14 heterocycles. The average molecular weight is 1760 g/mol. The molecule has 22 nitrogen and oxygen atoms in total. The Morgan fingerprint density at radius 1 is 0.292 bits per heavy atom. The van der Waals surface area contributed by atoms with Crippen molar-refractivity contribution in [3.05, 3.63) is 150 Å². The molecule has 0 aromatic carbocycles. The van der Waals surface area contributed by atoms with E-state index in [1.165, 1.54) is 161 Å². The van der Waals surface area contributed by atoms with Crippen LogP contribution in [0.3, 0.4) is 0 Å². The van der Waals surface area contributed by atoms with Crippen molar-refractivity contribution in [2.45, 2.75) is 205 Å². The number of Topliss-reactive ketones (excluding diaryl/α,β-unsaturated/α-hetero) is 5. The number of hydrogen-bond donors (Lipinski definition) is 2. The summed E-state index contributed by atoms with van der Waals surface area (Å²) in [6, 6.07) is 10.8. The fourth-order valence-corrected chi connectivity index (χ4v) is 24.2. The first-order valence-electron chi connectivity index (χ1n) is 48.3. The van der Waals surface area contributed by atoms with Gasteiger partial charge in [0, 0.05) is 221 Å². The summed E-state index contributed by atoms with van der Waals surface area (Å²) in [5.74, 6) is 17.6. The number of allylic oxidation sites excluding steroid dienone is 5. The van der Waals surface area contributed by atoms with Crippen LogP contribution in [0.5, 0.6) is 0 Å². The normalized spacial score (nSPS) is 23.9. The van der Waals surface area contributed by atoms with Crippen molar-refractivity contribution in [1.82, 2.24) is 49.4 Å². The third kappa shape index (κ3) is 16.7. The van der Waals surface area contributed by atoms with Crippen LogP contribution in [-0.2, 0) is 60.8 Å². The quantitative estimate of drug-likeness (QED) is 0.103. The summed E-state index contributed by atoms with van der Waals surface area (Å²) in [5.41, 5.74) is 32.6. The molecule has 0 radical (unpaired) electrons. The first-order chi connectivity index (χ1) is 63.2. The largest absolute Gasteiger partial charge is 0.378 e. The highest BCUT2D eigenvalue weighted by Gasteiger charge is 2.49.